The summed E-state index contributed by atoms with van der Waals surface area (Å²) in [6.45, 7) is 2.89. The molecule has 1 atom stereocenters. The Morgan fingerprint density at radius 3 is 2.87 bits per heavy atom. The van der Waals surface area contributed by atoms with Crippen LogP contribution in [0.4, 0.5) is 0 Å². The summed E-state index contributed by atoms with van der Waals surface area (Å²) < 4.78 is 0. The molecule has 0 aromatic carbocycles. The van der Waals surface area contributed by atoms with E-state index in [1.165, 1.54) is 0 Å². The number of piperidine rings is 1. The molecule has 6 heteroatoms. The lowest BCUT2D eigenvalue weighted by Crippen LogP contribution is -2.51. The van der Waals surface area contributed by atoms with Crippen molar-refractivity contribution in [2.24, 2.45) is 0 Å². The second kappa shape index (κ2) is 7.55. The van der Waals surface area contributed by atoms with Gasteiger partial charge in [-0.1, -0.05) is 6.07 Å². The molecule has 1 aromatic heterocycles. The summed E-state index contributed by atoms with van der Waals surface area (Å²) in [6.07, 6.45) is 4.01. The highest BCUT2D eigenvalue weighted by atomic mass is 16.3. The number of amides is 2. The summed E-state index contributed by atoms with van der Waals surface area (Å²) in [5, 5.41) is 13.2. The van der Waals surface area contributed by atoms with Crippen LogP contribution < -0.4 is 5.32 Å². The van der Waals surface area contributed by atoms with Crippen LogP contribution in [0.15, 0.2) is 18.3 Å². The average Bonchev–Trinajstić information content (AvgIpc) is 2.55. The molecule has 1 aromatic rings. The smallest absolute Gasteiger partial charge is 0.228 e. The predicted octanol–water partition coefficient (Wildman–Crippen LogP) is 0.812. The van der Waals surface area contributed by atoms with E-state index < -0.39 is 5.60 Å². The van der Waals surface area contributed by atoms with Crippen molar-refractivity contribution in [2.75, 3.05) is 20.1 Å². The molecular weight excluding hydrogens is 294 g/mol. The number of carbonyl (C=O) groups is 2. The zero-order valence-corrected chi connectivity index (χ0v) is 13.8. The SMILES string of the molecule is CNC(=O)CC[C@]1(O)CCCN(C(=O)Cc2ccc(C)cn2)C1. The van der Waals surface area contributed by atoms with Crippen molar-refractivity contribution in [3.05, 3.63) is 29.6 Å². The van der Waals surface area contributed by atoms with Crippen LogP contribution in [0.3, 0.4) is 0 Å². The number of nitrogens with one attached hydrogen (secondary N) is 1. The minimum absolute atomic E-state index is 0.0283. The monoisotopic (exact) mass is 319 g/mol. The lowest BCUT2D eigenvalue weighted by Gasteiger charge is -2.39. The quantitative estimate of drug-likeness (QED) is 0.841. The first-order chi connectivity index (χ1) is 10.9. The first-order valence-electron chi connectivity index (χ1n) is 8.04. The molecule has 0 radical (unpaired) electrons. The van der Waals surface area contributed by atoms with Crippen molar-refractivity contribution in [3.8, 4) is 0 Å². The van der Waals surface area contributed by atoms with Gasteiger partial charge >= 0.3 is 0 Å². The number of pyridine rings is 1. The number of aromatic nitrogens is 1. The molecule has 23 heavy (non-hydrogen) atoms. The number of hydrogen-bond acceptors (Lipinski definition) is 4. The van der Waals surface area contributed by atoms with E-state index in [4.69, 9.17) is 0 Å². The number of likely N-dealkylation sites (tertiary alicyclic amines) is 1. The molecule has 2 N–H and O–H groups in total. The minimum atomic E-state index is -0.971. The van der Waals surface area contributed by atoms with Crippen LogP contribution in [-0.2, 0) is 16.0 Å². The minimum Gasteiger partial charge on any atom is -0.388 e. The van der Waals surface area contributed by atoms with Gasteiger partial charge in [0.1, 0.15) is 0 Å². The standard InChI is InChI=1S/C17H25N3O3/c1-13-4-5-14(19-11-13)10-16(22)20-9-3-7-17(23,12-20)8-6-15(21)18-2/h4-5,11,23H,3,6-10,12H2,1-2H3,(H,18,21)/t17-/m1/s1. The zero-order chi connectivity index (χ0) is 16.9. The van der Waals surface area contributed by atoms with Gasteiger partial charge in [-0.2, -0.15) is 0 Å². The van der Waals surface area contributed by atoms with Crippen molar-refractivity contribution >= 4 is 11.8 Å². The van der Waals surface area contributed by atoms with Gasteiger partial charge in [0.25, 0.3) is 0 Å². The van der Waals surface area contributed by atoms with Crippen LogP contribution in [0.5, 0.6) is 0 Å². The molecule has 2 rings (SSSR count). The zero-order valence-electron chi connectivity index (χ0n) is 13.8. The van der Waals surface area contributed by atoms with E-state index in [0.29, 0.717) is 19.4 Å². The summed E-state index contributed by atoms with van der Waals surface area (Å²) in [7, 11) is 1.58. The normalized spacial score (nSPS) is 21.1. The fraction of sp³-hybridized carbons (Fsp3) is 0.588. The fourth-order valence-corrected chi connectivity index (χ4v) is 2.87. The number of aryl methyl sites for hydroxylation is 1. The molecule has 1 aliphatic rings. The molecule has 1 saturated heterocycles. The largest absolute Gasteiger partial charge is 0.388 e. The Kier molecular flexibility index (Phi) is 5.71. The van der Waals surface area contributed by atoms with Gasteiger partial charge < -0.3 is 15.3 Å². The molecule has 0 unspecified atom stereocenters. The summed E-state index contributed by atoms with van der Waals surface area (Å²) >= 11 is 0. The highest BCUT2D eigenvalue weighted by Crippen LogP contribution is 2.26. The van der Waals surface area contributed by atoms with Gasteiger partial charge in [0, 0.05) is 38.4 Å². The van der Waals surface area contributed by atoms with Gasteiger partial charge in [-0.15, -0.1) is 0 Å². The second-order valence-corrected chi connectivity index (χ2v) is 6.32. The van der Waals surface area contributed by atoms with E-state index in [0.717, 1.165) is 17.7 Å². The highest BCUT2D eigenvalue weighted by molar-refractivity contribution is 5.78. The van der Waals surface area contributed by atoms with Crippen molar-refractivity contribution in [1.29, 1.82) is 0 Å². The fourth-order valence-electron chi connectivity index (χ4n) is 2.87. The van der Waals surface area contributed by atoms with Gasteiger partial charge in [0.05, 0.1) is 12.0 Å². The molecule has 126 valence electrons. The van der Waals surface area contributed by atoms with Crippen molar-refractivity contribution in [2.45, 2.75) is 44.6 Å². The van der Waals surface area contributed by atoms with Gasteiger partial charge in [0.2, 0.25) is 11.8 Å². The summed E-state index contributed by atoms with van der Waals surface area (Å²) in [4.78, 5) is 29.7. The predicted molar refractivity (Wildman–Crippen MR) is 86.7 cm³/mol. The van der Waals surface area contributed by atoms with E-state index in [-0.39, 0.29) is 31.2 Å². The molecule has 2 heterocycles. The van der Waals surface area contributed by atoms with Crippen LogP contribution in [0.1, 0.15) is 36.9 Å². The van der Waals surface area contributed by atoms with Gasteiger partial charge in [0.15, 0.2) is 0 Å². The summed E-state index contributed by atoms with van der Waals surface area (Å²) in [6, 6.07) is 3.79. The summed E-state index contributed by atoms with van der Waals surface area (Å²) in [5.41, 5.74) is 0.823. The number of nitrogens with zero attached hydrogens (tertiary/aromatic N) is 2. The molecule has 2 amide bonds. The molecule has 6 nitrogen and oxygen atoms in total. The summed E-state index contributed by atoms with van der Waals surface area (Å²) in [5.74, 6) is -0.120. The van der Waals surface area contributed by atoms with E-state index in [9.17, 15) is 14.7 Å². The average molecular weight is 319 g/mol. The van der Waals surface area contributed by atoms with E-state index >= 15 is 0 Å². The molecule has 0 bridgehead atoms. The third-order valence-electron chi connectivity index (χ3n) is 4.31. The number of β-amino-alcohol motifs (C(OH)–C–C–N with tert-alkyl or cyclic N) is 1. The van der Waals surface area contributed by atoms with Gasteiger partial charge in [-0.3, -0.25) is 14.6 Å². The Morgan fingerprint density at radius 2 is 2.22 bits per heavy atom. The Balaban J connectivity index is 1.92. The Labute approximate surface area is 136 Å². The number of carbonyl (C=O) groups excluding carboxylic acids is 2. The third-order valence-corrected chi connectivity index (χ3v) is 4.31. The maximum absolute atomic E-state index is 12.4. The Morgan fingerprint density at radius 1 is 1.43 bits per heavy atom. The molecule has 0 saturated carbocycles. The lowest BCUT2D eigenvalue weighted by atomic mass is 9.88. The van der Waals surface area contributed by atoms with Gasteiger partial charge in [-0.05, 0) is 37.8 Å². The van der Waals surface area contributed by atoms with Crippen LogP contribution in [0, 0.1) is 6.92 Å². The molecule has 0 spiro atoms. The van der Waals surface area contributed by atoms with Crippen molar-refractivity contribution in [3.63, 3.8) is 0 Å². The molecule has 0 aliphatic carbocycles. The van der Waals surface area contributed by atoms with Crippen LogP contribution in [-0.4, -0.2) is 52.5 Å². The molecular formula is C17H25N3O3. The van der Waals surface area contributed by atoms with Crippen LogP contribution in [0.25, 0.3) is 0 Å². The Hall–Kier alpha value is -1.95. The van der Waals surface area contributed by atoms with Crippen LogP contribution >= 0.6 is 0 Å². The second-order valence-electron chi connectivity index (χ2n) is 6.32. The first kappa shape index (κ1) is 17.4. The van der Waals surface area contributed by atoms with Gasteiger partial charge in [-0.25, -0.2) is 0 Å². The Bertz CT molecular complexity index is 559. The maximum atomic E-state index is 12.4. The number of hydrogen-bond donors (Lipinski definition) is 2. The maximum Gasteiger partial charge on any atom is 0.228 e. The van der Waals surface area contributed by atoms with E-state index in [1.54, 1.807) is 18.1 Å². The van der Waals surface area contributed by atoms with E-state index in [1.807, 2.05) is 19.1 Å². The first-order valence-corrected chi connectivity index (χ1v) is 8.04. The van der Waals surface area contributed by atoms with Crippen molar-refractivity contribution in [1.82, 2.24) is 15.2 Å². The van der Waals surface area contributed by atoms with Crippen molar-refractivity contribution < 1.29 is 14.7 Å². The lowest BCUT2D eigenvalue weighted by molar-refractivity contribution is -0.138. The van der Waals surface area contributed by atoms with Crippen LogP contribution in [0.2, 0.25) is 0 Å². The van der Waals surface area contributed by atoms with E-state index in [2.05, 4.69) is 10.3 Å². The molecule has 1 fully saturated rings. The topological polar surface area (TPSA) is 82.5 Å². The number of aliphatic hydroxyl groups is 1. The third kappa shape index (κ3) is 5.03. The number of rotatable bonds is 5. The highest BCUT2D eigenvalue weighted by Gasteiger charge is 2.35. The molecule has 1 aliphatic heterocycles.